The molecule has 0 aromatic carbocycles. The molecule has 0 N–H and O–H groups in total. The summed E-state index contributed by atoms with van der Waals surface area (Å²) < 4.78 is 0. The first-order chi connectivity index (χ1) is 5.88. The molecule has 1 saturated carbocycles. The first-order valence-electron chi connectivity index (χ1n) is 4.19. The van der Waals surface area contributed by atoms with E-state index in [0.717, 1.165) is 12.8 Å². The zero-order chi connectivity index (χ0) is 8.39. The zero-order valence-corrected chi connectivity index (χ0v) is 6.73. The van der Waals surface area contributed by atoms with Gasteiger partial charge in [0.15, 0.2) is 5.82 Å². The molecule has 0 radical (unpaired) electrons. The van der Waals surface area contributed by atoms with Crippen LogP contribution in [0.25, 0.3) is 0 Å². The lowest BCUT2D eigenvalue weighted by molar-refractivity contribution is 0.0844. The van der Waals surface area contributed by atoms with Gasteiger partial charge in [-0.25, -0.2) is 9.97 Å². The van der Waals surface area contributed by atoms with Gasteiger partial charge in [-0.15, -0.1) is 0 Å². The van der Waals surface area contributed by atoms with Crippen LogP contribution in [0.5, 0.6) is 0 Å². The molecule has 0 aliphatic heterocycles. The first-order valence-corrected chi connectivity index (χ1v) is 4.19. The van der Waals surface area contributed by atoms with Crippen LogP contribution < -0.4 is 0 Å². The van der Waals surface area contributed by atoms with E-state index in [9.17, 15) is 4.79 Å². The number of rotatable bonds is 2. The Morgan fingerprint density at radius 2 is 2.00 bits per heavy atom. The highest BCUT2D eigenvalue weighted by molar-refractivity contribution is 5.94. The summed E-state index contributed by atoms with van der Waals surface area (Å²) >= 11 is 0. The van der Waals surface area contributed by atoms with Crippen LogP contribution in [-0.2, 0) is 0 Å². The average Bonchev–Trinajstić information content (AvgIpc) is 2.03. The van der Waals surface area contributed by atoms with Crippen LogP contribution in [0, 0.1) is 5.92 Å². The maximum absolute atomic E-state index is 11.5. The van der Waals surface area contributed by atoms with Gasteiger partial charge in [-0.05, 0) is 18.9 Å². The van der Waals surface area contributed by atoms with E-state index in [1.54, 1.807) is 18.5 Å². The normalized spacial score (nSPS) is 17.0. The highest BCUT2D eigenvalue weighted by Crippen LogP contribution is 2.28. The Balaban J connectivity index is 2.14. The van der Waals surface area contributed by atoms with E-state index >= 15 is 0 Å². The molecule has 1 aliphatic rings. The Labute approximate surface area is 70.9 Å². The van der Waals surface area contributed by atoms with Gasteiger partial charge in [0.2, 0.25) is 5.78 Å². The minimum Gasteiger partial charge on any atom is -0.290 e. The molecule has 1 aliphatic carbocycles. The maximum Gasteiger partial charge on any atom is 0.203 e. The predicted octanol–water partition coefficient (Wildman–Crippen LogP) is 1.46. The van der Waals surface area contributed by atoms with E-state index in [1.165, 1.54) is 6.42 Å². The fourth-order valence-electron chi connectivity index (χ4n) is 1.28. The summed E-state index contributed by atoms with van der Waals surface area (Å²) in [5.41, 5.74) is 0. The Bertz CT molecular complexity index is 280. The first kappa shape index (κ1) is 7.40. The van der Waals surface area contributed by atoms with Gasteiger partial charge in [0, 0.05) is 18.3 Å². The molecule has 3 nitrogen and oxygen atoms in total. The summed E-state index contributed by atoms with van der Waals surface area (Å²) in [6.45, 7) is 0. The minimum absolute atomic E-state index is 0.113. The second kappa shape index (κ2) is 3.01. The molecule has 3 heteroatoms. The minimum atomic E-state index is 0.113. The summed E-state index contributed by atoms with van der Waals surface area (Å²) in [7, 11) is 0. The fraction of sp³-hybridized carbons (Fsp3) is 0.444. The van der Waals surface area contributed by atoms with Crippen LogP contribution in [-0.4, -0.2) is 15.8 Å². The van der Waals surface area contributed by atoms with Crippen molar-refractivity contribution in [1.82, 2.24) is 9.97 Å². The topological polar surface area (TPSA) is 42.9 Å². The molecular formula is C9H10N2O. The molecule has 1 aromatic heterocycles. The Morgan fingerprint density at radius 3 is 2.50 bits per heavy atom. The molecule has 0 amide bonds. The van der Waals surface area contributed by atoms with Crippen molar-refractivity contribution in [3.05, 3.63) is 24.3 Å². The van der Waals surface area contributed by atoms with Gasteiger partial charge >= 0.3 is 0 Å². The summed E-state index contributed by atoms with van der Waals surface area (Å²) in [6.07, 6.45) is 6.41. The lowest BCUT2D eigenvalue weighted by Gasteiger charge is -2.22. The third kappa shape index (κ3) is 1.22. The molecule has 0 spiro atoms. The van der Waals surface area contributed by atoms with Crippen molar-refractivity contribution in [2.75, 3.05) is 0 Å². The van der Waals surface area contributed by atoms with Gasteiger partial charge in [0.25, 0.3) is 0 Å². The molecule has 62 valence electrons. The third-order valence-corrected chi connectivity index (χ3v) is 2.26. The fourth-order valence-corrected chi connectivity index (χ4v) is 1.28. The molecule has 2 rings (SSSR count). The summed E-state index contributed by atoms with van der Waals surface area (Å²) in [5.74, 6) is 0.691. The predicted molar refractivity (Wildman–Crippen MR) is 43.7 cm³/mol. The zero-order valence-electron chi connectivity index (χ0n) is 6.73. The largest absolute Gasteiger partial charge is 0.290 e. The third-order valence-electron chi connectivity index (χ3n) is 2.26. The Morgan fingerprint density at radius 1 is 1.33 bits per heavy atom. The number of Topliss-reactive ketones (excluding diaryl/α,β-unsaturated/α-hetero) is 1. The van der Waals surface area contributed by atoms with Crippen LogP contribution in [0.15, 0.2) is 18.5 Å². The standard InChI is InChI=1S/C9H10N2O/c12-8(7-3-1-4-7)9-10-5-2-6-11-9/h2,5-7H,1,3-4H2. The summed E-state index contributed by atoms with van der Waals surface area (Å²) in [5, 5.41) is 0. The summed E-state index contributed by atoms with van der Waals surface area (Å²) in [4.78, 5) is 19.3. The Kier molecular flexibility index (Phi) is 1.86. The molecule has 0 saturated heterocycles. The molecule has 1 aromatic rings. The van der Waals surface area contributed by atoms with Crippen LogP contribution in [0.3, 0.4) is 0 Å². The number of nitrogens with zero attached hydrogens (tertiary/aromatic N) is 2. The van der Waals surface area contributed by atoms with Crippen molar-refractivity contribution in [2.45, 2.75) is 19.3 Å². The molecule has 0 bridgehead atoms. The van der Waals surface area contributed by atoms with Crippen LogP contribution in [0.4, 0.5) is 0 Å². The second-order valence-corrected chi connectivity index (χ2v) is 3.06. The second-order valence-electron chi connectivity index (χ2n) is 3.06. The average molecular weight is 162 g/mol. The van der Waals surface area contributed by atoms with Gasteiger partial charge in [-0.1, -0.05) is 6.42 Å². The van der Waals surface area contributed by atoms with Crippen LogP contribution in [0.1, 0.15) is 29.9 Å². The summed E-state index contributed by atoms with van der Waals surface area (Å²) in [6, 6.07) is 1.72. The van der Waals surface area contributed by atoms with Crippen molar-refractivity contribution >= 4 is 5.78 Å². The van der Waals surface area contributed by atoms with Gasteiger partial charge in [0.1, 0.15) is 0 Å². The lowest BCUT2D eigenvalue weighted by Crippen LogP contribution is -2.23. The van der Waals surface area contributed by atoms with Gasteiger partial charge in [-0.3, -0.25) is 4.79 Å². The Hall–Kier alpha value is -1.25. The smallest absolute Gasteiger partial charge is 0.203 e. The van der Waals surface area contributed by atoms with Gasteiger partial charge < -0.3 is 0 Å². The number of aromatic nitrogens is 2. The lowest BCUT2D eigenvalue weighted by atomic mass is 9.82. The molecule has 0 atom stereocenters. The molecule has 1 fully saturated rings. The SMILES string of the molecule is O=C(c1ncccn1)C1CCC1. The van der Waals surface area contributed by atoms with Crippen molar-refractivity contribution in [1.29, 1.82) is 0 Å². The van der Waals surface area contributed by atoms with Crippen molar-refractivity contribution in [3.63, 3.8) is 0 Å². The molecule has 1 heterocycles. The highest BCUT2D eigenvalue weighted by atomic mass is 16.1. The van der Waals surface area contributed by atoms with Crippen LogP contribution in [0.2, 0.25) is 0 Å². The van der Waals surface area contributed by atoms with E-state index in [-0.39, 0.29) is 11.7 Å². The number of carbonyl (C=O) groups is 1. The van der Waals surface area contributed by atoms with Gasteiger partial charge in [-0.2, -0.15) is 0 Å². The van der Waals surface area contributed by atoms with Crippen LogP contribution >= 0.6 is 0 Å². The number of ketones is 1. The van der Waals surface area contributed by atoms with E-state index in [4.69, 9.17) is 0 Å². The van der Waals surface area contributed by atoms with Crippen molar-refractivity contribution < 1.29 is 4.79 Å². The molecular weight excluding hydrogens is 152 g/mol. The van der Waals surface area contributed by atoms with Crippen molar-refractivity contribution in [2.24, 2.45) is 5.92 Å². The molecule has 12 heavy (non-hydrogen) atoms. The van der Waals surface area contributed by atoms with E-state index in [2.05, 4.69) is 9.97 Å². The number of hydrogen-bond donors (Lipinski definition) is 0. The van der Waals surface area contributed by atoms with E-state index in [0.29, 0.717) is 5.82 Å². The van der Waals surface area contributed by atoms with E-state index in [1.807, 2.05) is 0 Å². The number of hydrogen-bond acceptors (Lipinski definition) is 3. The quantitative estimate of drug-likeness (QED) is 0.618. The highest BCUT2D eigenvalue weighted by Gasteiger charge is 2.27. The van der Waals surface area contributed by atoms with Crippen molar-refractivity contribution in [3.8, 4) is 0 Å². The monoisotopic (exact) mass is 162 g/mol. The number of carbonyl (C=O) groups excluding carboxylic acids is 1. The van der Waals surface area contributed by atoms with Gasteiger partial charge in [0.05, 0.1) is 0 Å². The van der Waals surface area contributed by atoms with E-state index < -0.39 is 0 Å². The molecule has 0 unspecified atom stereocenters. The maximum atomic E-state index is 11.5.